The van der Waals surface area contributed by atoms with Crippen LogP contribution in [0.3, 0.4) is 0 Å². The van der Waals surface area contributed by atoms with Crippen LogP contribution in [0.25, 0.3) is 5.65 Å². The zero-order valence-electron chi connectivity index (χ0n) is 13.8. The van der Waals surface area contributed by atoms with Crippen LogP contribution in [-0.2, 0) is 0 Å². The molecule has 2 heterocycles. The van der Waals surface area contributed by atoms with Gasteiger partial charge in [-0.25, -0.2) is 9.50 Å². The van der Waals surface area contributed by atoms with E-state index in [-0.39, 0.29) is 17.5 Å². The van der Waals surface area contributed by atoms with Gasteiger partial charge in [0.05, 0.1) is 0 Å². The molecule has 3 N–H and O–H groups in total. The highest BCUT2D eigenvalue weighted by molar-refractivity contribution is 5.99. The summed E-state index contributed by atoms with van der Waals surface area (Å²) in [4.78, 5) is 28.7. The summed E-state index contributed by atoms with van der Waals surface area (Å²) in [5.41, 5.74) is 2.21. The van der Waals surface area contributed by atoms with E-state index in [1.165, 1.54) is 16.8 Å². The first-order valence-electron chi connectivity index (χ1n) is 8.30. The lowest BCUT2D eigenvalue weighted by Gasteiger charge is -2.36. The quantitative estimate of drug-likeness (QED) is 0.676. The monoisotopic (exact) mass is 337 g/mol. The summed E-state index contributed by atoms with van der Waals surface area (Å²) >= 11 is 0. The van der Waals surface area contributed by atoms with Crippen molar-refractivity contribution in [3.63, 3.8) is 0 Å². The summed E-state index contributed by atoms with van der Waals surface area (Å²) in [6, 6.07) is 11.9. The van der Waals surface area contributed by atoms with Gasteiger partial charge in [0.25, 0.3) is 11.5 Å². The number of carbonyl (C=O) groups is 1. The molecule has 0 aliphatic heterocycles. The van der Waals surface area contributed by atoms with E-state index >= 15 is 0 Å². The third kappa shape index (κ3) is 3.00. The van der Waals surface area contributed by atoms with Gasteiger partial charge in [-0.2, -0.15) is 0 Å². The lowest BCUT2D eigenvalue weighted by Crippen LogP contribution is -2.49. The van der Waals surface area contributed by atoms with Gasteiger partial charge in [0.15, 0.2) is 5.65 Å². The molecule has 1 aromatic carbocycles. The van der Waals surface area contributed by atoms with Crippen LogP contribution < -0.4 is 16.2 Å². The Morgan fingerprint density at radius 2 is 2.00 bits per heavy atom. The van der Waals surface area contributed by atoms with Gasteiger partial charge in [0.2, 0.25) is 0 Å². The number of nitrogens with one attached hydrogen (secondary N) is 3. The van der Waals surface area contributed by atoms with E-state index in [9.17, 15) is 9.59 Å². The first-order valence-corrected chi connectivity index (χ1v) is 8.30. The molecule has 0 spiro atoms. The number of fused-ring (bicyclic) bond motifs is 1. The molecular formula is C18H19N5O2. The van der Waals surface area contributed by atoms with Crippen molar-refractivity contribution in [3.8, 4) is 0 Å². The maximum Gasteiger partial charge on any atom is 0.272 e. The number of aromatic nitrogens is 3. The molecule has 3 aromatic rings. The number of aromatic amines is 1. The standard InChI is InChI=1S/C18H19N5O2/c1-11-7-16(24)23-17(20-11)15(10-19-23)18(25)22-14-8-13(9-14)21-12-5-3-2-4-6-12/h2-7,10,13-14,19,21H,8-9H2,1H3,(H,22,25). The van der Waals surface area contributed by atoms with Crippen molar-refractivity contribution in [2.45, 2.75) is 31.8 Å². The average Bonchev–Trinajstić information content (AvgIpc) is 2.98. The lowest BCUT2D eigenvalue weighted by atomic mass is 9.86. The Morgan fingerprint density at radius 3 is 2.76 bits per heavy atom. The smallest absolute Gasteiger partial charge is 0.272 e. The number of benzene rings is 1. The second kappa shape index (κ2) is 6.08. The van der Waals surface area contributed by atoms with E-state index < -0.39 is 0 Å². The van der Waals surface area contributed by atoms with Crippen LogP contribution in [0.15, 0.2) is 47.4 Å². The Bertz CT molecular complexity index is 970. The molecule has 1 fully saturated rings. The normalized spacial score (nSPS) is 19.4. The van der Waals surface area contributed by atoms with Crippen LogP contribution in [-0.4, -0.2) is 32.6 Å². The van der Waals surface area contributed by atoms with E-state index in [0.717, 1.165) is 18.5 Å². The summed E-state index contributed by atoms with van der Waals surface area (Å²) in [7, 11) is 0. The van der Waals surface area contributed by atoms with Crippen molar-refractivity contribution in [2.24, 2.45) is 0 Å². The Hall–Kier alpha value is -3.09. The summed E-state index contributed by atoms with van der Waals surface area (Å²) in [5.74, 6) is -0.209. The molecule has 2 aromatic heterocycles. The van der Waals surface area contributed by atoms with Gasteiger partial charge in [-0.3, -0.25) is 14.7 Å². The van der Waals surface area contributed by atoms with Crippen LogP contribution in [0, 0.1) is 6.92 Å². The molecule has 0 unspecified atom stereocenters. The topological polar surface area (TPSA) is 91.3 Å². The second-order valence-corrected chi connectivity index (χ2v) is 6.43. The number of H-pyrrole nitrogens is 1. The lowest BCUT2D eigenvalue weighted by molar-refractivity contribution is 0.0914. The maximum absolute atomic E-state index is 12.5. The fourth-order valence-electron chi connectivity index (χ4n) is 3.15. The Kier molecular flexibility index (Phi) is 3.76. The molecular weight excluding hydrogens is 318 g/mol. The third-order valence-corrected chi connectivity index (χ3v) is 4.49. The minimum atomic E-state index is -0.225. The number of nitrogens with zero attached hydrogens (tertiary/aromatic N) is 2. The number of carbonyl (C=O) groups excluding carboxylic acids is 1. The number of amides is 1. The molecule has 1 amide bonds. The zero-order chi connectivity index (χ0) is 17.4. The number of anilines is 1. The highest BCUT2D eigenvalue weighted by Crippen LogP contribution is 2.24. The van der Waals surface area contributed by atoms with E-state index in [0.29, 0.717) is 22.9 Å². The van der Waals surface area contributed by atoms with Crippen LogP contribution >= 0.6 is 0 Å². The molecule has 1 aliphatic rings. The fraction of sp³-hybridized carbons (Fsp3) is 0.278. The molecule has 0 saturated heterocycles. The molecule has 7 nitrogen and oxygen atoms in total. The number of hydrogen-bond acceptors (Lipinski definition) is 4. The van der Waals surface area contributed by atoms with Crippen LogP contribution in [0.2, 0.25) is 0 Å². The van der Waals surface area contributed by atoms with E-state index in [2.05, 4.69) is 20.7 Å². The average molecular weight is 337 g/mol. The van der Waals surface area contributed by atoms with Crippen LogP contribution in [0.5, 0.6) is 0 Å². The Morgan fingerprint density at radius 1 is 1.24 bits per heavy atom. The maximum atomic E-state index is 12.5. The molecule has 128 valence electrons. The van der Waals surface area contributed by atoms with Crippen molar-refractivity contribution in [1.82, 2.24) is 19.9 Å². The van der Waals surface area contributed by atoms with Crippen molar-refractivity contribution < 1.29 is 4.79 Å². The summed E-state index contributed by atoms with van der Waals surface area (Å²) in [5, 5.41) is 9.24. The Labute approximate surface area is 144 Å². The van der Waals surface area contributed by atoms with Crippen molar-refractivity contribution in [2.75, 3.05) is 5.32 Å². The predicted molar refractivity (Wildman–Crippen MR) is 94.9 cm³/mol. The minimum Gasteiger partial charge on any atom is -0.382 e. The first kappa shape index (κ1) is 15.4. The minimum absolute atomic E-state index is 0.125. The van der Waals surface area contributed by atoms with Gasteiger partial charge >= 0.3 is 0 Å². The Balaban J connectivity index is 1.40. The van der Waals surface area contributed by atoms with Crippen LogP contribution in [0.4, 0.5) is 5.69 Å². The molecule has 0 bridgehead atoms. The van der Waals surface area contributed by atoms with E-state index in [4.69, 9.17) is 0 Å². The molecule has 1 saturated carbocycles. The first-order chi connectivity index (χ1) is 12.1. The van der Waals surface area contributed by atoms with E-state index in [1.54, 1.807) is 6.92 Å². The number of rotatable bonds is 4. The molecule has 0 radical (unpaired) electrons. The zero-order valence-corrected chi connectivity index (χ0v) is 13.8. The molecule has 25 heavy (non-hydrogen) atoms. The second-order valence-electron chi connectivity index (χ2n) is 6.43. The third-order valence-electron chi connectivity index (χ3n) is 4.49. The van der Waals surface area contributed by atoms with Gasteiger partial charge < -0.3 is 10.6 Å². The molecule has 1 aliphatic carbocycles. The van der Waals surface area contributed by atoms with Gasteiger partial charge in [-0.05, 0) is 31.9 Å². The van der Waals surface area contributed by atoms with Crippen molar-refractivity contribution in [1.29, 1.82) is 0 Å². The van der Waals surface area contributed by atoms with Gasteiger partial charge in [-0.1, -0.05) is 18.2 Å². The molecule has 4 rings (SSSR count). The predicted octanol–water partition coefficient (Wildman–Crippen LogP) is 1.70. The van der Waals surface area contributed by atoms with Crippen molar-refractivity contribution in [3.05, 3.63) is 64.2 Å². The van der Waals surface area contributed by atoms with E-state index in [1.807, 2.05) is 30.3 Å². The van der Waals surface area contributed by atoms with Gasteiger partial charge in [-0.15, -0.1) is 0 Å². The SMILES string of the molecule is Cc1cc(=O)n2[nH]cc(C(=O)NC3CC(Nc4ccccc4)C3)c2n1. The highest BCUT2D eigenvalue weighted by atomic mass is 16.2. The molecule has 0 atom stereocenters. The number of aryl methyl sites for hydroxylation is 1. The van der Waals surface area contributed by atoms with Gasteiger partial charge in [0, 0.05) is 35.7 Å². The van der Waals surface area contributed by atoms with Crippen molar-refractivity contribution >= 4 is 17.2 Å². The highest BCUT2D eigenvalue weighted by Gasteiger charge is 2.31. The largest absolute Gasteiger partial charge is 0.382 e. The number of hydrogen-bond donors (Lipinski definition) is 3. The van der Waals surface area contributed by atoms with Gasteiger partial charge in [0.1, 0.15) is 5.56 Å². The summed E-state index contributed by atoms with van der Waals surface area (Å²) < 4.78 is 1.28. The number of para-hydroxylation sites is 1. The molecule has 7 heteroatoms. The summed E-state index contributed by atoms with van der Waals surface area (Å²) in [6.07, 6.45) is 3.27. The van der Waals surface area contributed by atoms with Crippen LogP contribution in [0.1, 0.15) is 28.9 Å². The fourth-order valence-corrected chi connectivity index (χ4v) is 3.15. The summed E-state index contributed by atoms with van der Waals surface area (Å²) in [6.45, 7) is 1.74.